The molecule has 0 atom stereocenters. The number of aryl methyl sites for hydroxylation is 1. The zero-order chi connectivity index (χ0) is 67.3. The summed E-state index contributed by atoms with van der Waals surface area (Å²) in [4.78, 5) is 12.4. The first kappa shape index (κ1) is 74.0. The summed E-state index contributed by atoms with van der Waals surface area (Å²) in [6.45, 7) is 2.69. The van der Waals surface area contributed by atoms with Crippen molar-refractivity contribution in [2.24, 2.45) is 0 Å². The van der Waals surface area contributed by atoms with Gasteiger partial charge >= 0.3 is 49.4 Å². The molecule has 90 heavy (non-hydrogen) atoms. The van der Waals surface area contributed by atoms with Crippen molar-refractivity contribution in [3.63, 3.8) is 0 Å². The number of unbranched alkanes of at least 4 members (excludes halogenated alkanes) is 15. The van der Waals surface area contributed by atoms with Gasteiger partial charge in [0.05, 0.1) is 44.5 Å². The molecule has 1 heterocycles. The Kier molecular flexibility index (Phi) is 24.8. The number of aromatic nitrogens is 1. The van der Waals surface area contributed by atoms with Gasteiger partial charge in [0.25, 0.3) is 0 Å². The number of pyridine rings is 1. The van der Waals surface area contributed by atoms with Crippen molar-refractivity contribution in [2.75, 3.05) is 0 Å². The van der Waals surface area contributed by atoms with Crippen LogP contribution in [0.25, 0.3) is 0 Å². The molecule has 0 saturated heterocycles. The van der Waals surface area contributed by atoms with E-state index in [4.69, 9.17) is 0 Å². The molecule has 0 aliphatic carbocycles. The van der Waals surface area contributed by atoms with Gasteiger partial charge in [-0.05, 0) is 42.7 Å². The highest BCUT2D eigenvalue weighted by Gasteiger charge is 2.47. The maximum atomic E-state index is 14.2. The van der Waals surface area contributed by atoms with E-state index in [0.717, 1.165) is 12.0 Å². The Morgan fingerprint density at radius 3 is 0.789 bits per heavy atom. The molecule has 0 fully saturated rings. The van der Waals surface area contributed by atoms with Gasteiger partial charge in [-0.1, -0.05) is 182 Å². The van der Waals surface area contributed by atoms with E-state index in [0.29, 0.717) is 6.54 Å². The molecule has 0 aliphatic rings. The summed E-state index contributed by atoms with van der Waals surface area (Å²) < 4.78 is 343. The largest absolute Gasteiger partial charge is 0.416 e. The lowest BCUT2D eigenvalue weighted by Gasteiger charge is -2.46. The van der Waals surface area contributed by atoms with E-state index in [1.54, 1.807) is 0 Å². The summed E-state index contributed by atoms with van der Waals surface area (Å²) in [6, 6.07) is 5.32. The first-order valence-corrected chi connectivity index (χ1v) is 28.5. The summed E-state index contributed by atoms with van der Waals surface area (Å²) in [5, 5.41) is 0. The average molecular weight is 1310 g/mol. The minimum Gasteiger partial charge on any atom is -0.287 e. The van der Waals surface area contributed by atoms with E-state index in [9.17, 15) is 110 Å². The van der Waals surface area contributed by atoms with Gasteiger partial charge in [-0.3, -0.25) is 4.79 Å². The topological polar surface area (TPSA) is 20.9 Å². The standard InChI is InChI=1S/C32H12BF24.C31H48NO/c34-25(35,36)13-1-14(26(37,38)39)6-21(5-13)33(22-7-15(27(40,41)42)2-16(8-22)28(43,44)45,23-9-17(29(46,47)48)3-18(10-23)30(49,50)51)24-11-19(31(52,53)54)4-20(12-24)32(55,56)57;1-2-3-4-5-6-7-8-9-10-11-12-13-14-15-16-18-21-29-22-24-30(25-23-29)31(33)28-32-26-19-17-20-27-32/h1-12H;17,19-20,22-27H,2-16,18,21,28H2,1H3/q-1;+1. The van der Waals surface area contributed by atoms with E-state index in [-0.39, 0.29) is 5.78 Å². The van der Waals surface area contributed by atoms with Crippen LogP contribution in [0.3, 0.4) is 0 Å². The van der Waals surface area contributed by atoms with Crippen LogP contribution in [0, 0.1) is 0 Å². The van der Waals surface area contributed by atoms with Gasteiger partial charge in [-0.15, -0.1) is 0 Å². The van der Waals surface area contributed by atoms with Gasteiger partial charge in [0.2, 0.25) is 12.3 Å². The minimum atomic E-state index is -6.13. The molecule has 0 spiro atoms. The summed E-state index contributed by atoms with van der Waals surface area (Å²) >= 11 is 0. The molecule has 494 valence electrons. The highest BCUT2D eigenvalue weighted by Crippen LogP contribution is 2.42. The summed E-state index contributed by atoms with van der Waals surface area (Å²) in [6.07, 6.45) is -27.3. The third-order valence-corrected chi connectivity index (χ3v) is 15.1. The molecular weight excluding hydrogens is 1250 g/mol. The number of alkyl halides is 24. The van der Waals surface area contributed by atoms with Crippen molar-refractivity contribution in [3.05, 3.63) is 183 Å². The zero-order valence-electron chi connectivity index (χ0n) is 47.9. The van der Waals surface area contributed by atoms with Crippen molar-refractivity contribution >= 4 is 33.8 Å². The third-order valence-electron chi connectivity index (χ3n) is 15.1. The first-order valence-electron chi connectivity index (χ1n) is 28.5. The second kappa shape index (κ2) is 30.2. The lowest BCUT2D eigenvalue weighted by atomic mass is 9.12. The quantitative estimate of drug-likeness (QED) is 0.0195. The number of carbonyl (C=O) groups excluding carboxylic acids is 1. The maximum Gasteiger partial charge on any atom is 0.416 e. The van der Waals surface area contributed by atoms with Gasteiger partial charge in [-0.2, -0.15) is 132 Å². The Morgan fingerprint density at radius 2 is 0.556 bits per heavy atom. The normalized spacial score (nSPS) is 13.1. The number of rotatable bonds is 24. The van der Waals surface area contributed by atoms with E-state index in [1.807, 2.05) is 47.3 Å². The number of hydrogen-bond donors (Lipinski definition) is 0. The van der Waals surface area contributed by atoms with Crippen molar-refractivity contribution < 1.29 is 115 Å². The minimum absolute atomic E-state index is 0.167. The monoisotopic (exact) mass is 1310 g/mol. The van der Waals surface area contributed by atoms with Gasteiger partial charge in [0.1, 0.15) is 6.15 Å². The van der Waals surface area contributed by atoms with E-state index in [1.165, 1.54) is 108 Å². The molecule has 0 unspecified atom stereocenters. The SMILES string of the molecule is CCCCCCCCCCCCCCCCCCc1ccc(C(=O)C[n+]2ccccc2)cc1.FC(F)(F)c1cc([B-](c2cc(C(F)(F)F)cc(C(F)(F)F)c2)(c2cc(C(F)(F)F)cc(C(F)(F)F)c2)c2cc(C(F)(F)F)cc(C(F)(F)F)c2)cc(C(F)(F)F)c1. The predicted octanol–water partition coefficient (Wildman–Crippen LogP) is 19.9. The molecule has 0 radical (unpaired) electrons. The number of benzene rings is 5. The lowest BCUT2D eigenvalue weighted by Crippen LogP contribution is -2.75. The van der Waals surface area contributed by atoms with Crippen LogP contribution in [0.4, 0.5) is 105 Å². The molecule has 5 aromatic carbocycles. The molecule has 0 N–H and O–H groups in total. The fourth-order valence-electron chi connectivity index (χ4n) is 10.6. The molecule has 6 rings (SSSR count). The fourth-order valence-corrected chi connectivity index (χ4v) is 10.6. The van der Waals surface area contributed by atoms with Crippen molar-refractivity contribution in [3.8, 4) is 0 Å². The Hall–Kier alpha value is -6.70. The summed E-state index contributed by atoms with van der Waals surface area (Å²) in [7, 11) is 0. The number of ketones is 1. The number of hydrogen-bond acceptors (Lipinski definition) is 1. The zero-order valence-corrected chi connectivity index (χ0v) is 47.9. The molecule has 0 aliphatic heterocycles. The highest BCUT2D eigenvalue weighted by atomic mass is 19.4. The maximum absolute atomic E-state index is 14.2. The third kappa shape index (κ3) is 21.2. The van der Waals surface area contributed by atoms with E-state index >= 15 is 0 Å². The Labute approximate surface area is 502 Å². The van der Waals surface area contributed by atoms with Crippen LogP contribution < -0.4 is 26.4 Å². The predicted molar refractivity (Wildman–Crippen MR) is 291 cm³/mol. The molecule has 0 bridgehead atoms. The molecular formula is C63H60BF24NO. The molecule has 1 aromatic heterocycles. The van der Waals surface area contributed by atoms with Crippen LogP contribution in [0.5, 0.6) is 0 Å². The van der Waals surface area contributed by atoms with Gasteiger partial charge in [0, 0.05) is 17.7 Å². The Morgan fingerprint density at radius 1 is 0.322 bits per heavy atom. The second-order valence-electron chi connectivity index (χ2n) is 21.9. The van der Waals surface area contributed by atoms with Gasteiger partial charge < -0.3 is 0 Å². The van der Waals surface area contributed by atoms with Crippen LogP contribution >= 0.6 is 0 Å². The van der Waals surface area contributed by atoms with E-state index < -0.39 is 195 Å². The highest BCUT2D eigenvalue weighted by molar-refractivity contribution is 7.20. The molecule has 27 heteroatoms. The van der Waals surface area contributed by atoms with E-state index in [2.05, 4.69) is 19.1 Å². The summed E-state index contributed by atoms with van der Waals surface area (Å²) in [5.74, 6) is 0.167. The number of nitrogens with zero attached hydrogens (tertiary/aromatic N) is 1. The fraction of sp³-hybridized carbons (Fsp3) is 0.429. The van der Waals surface area contributed by atoms with Crippen LogP contribution in [0.15, 0.2) is 128 Å². The average Bonchev–Trinajstić information content (AvgIpc) is 0.751. The van der Waals surface area contributed by atoms with Crippen LogP contribution in [-0.4, -0.2) is 11.9 Å². The lowest BCUT2D eigenvalue weighted by molar-refractivity contribution is -0.683. The number of carbonyl (C=O) groups is 1. The molecule has 2 nitrogen and oxygen atoms in total. The summed E-state index contributed by atoms with van der Waals surface area (Å²) in [5.41, 5.74) is -28.0. The van der Waals surface area contributed by atoms with Crippen molar-refractivity contribution in [2.45, 2.75) is 172 Å². The molecule has 0 saturated carbocycles. The van der Waals surface area contributed by atoms with Crippen molar-refractivity contribution in [1.29, 1.82) is 0 Å². The van der Waals surface area contributed by atoms with Crippen molar-refractivity contribution in [1.82, 2.24) is 0 Å². The van der Waals surface area contributed by atoms with Crippen LogP contribution in [0.2, 0.25) is 0 Å². The van der Waals surface area contributed by atoms with Crippen LogP contribution in [-0.2, 0) is 62.4 Å². The second-order valence-corrected chi connectivity index (χ2v) is 21.9. The Balaban J connectivity index is 0.000000378. The first-order chi connectivity index (χ1) is 41.6. The molecule has 0 amide bonds. The smallest absolute Gasteiger partial charge is 0.287 e. The van der Waals surface area contributed by atoms with Gasteiger partial charge in [0.15, 0.2) is 12.4 Å². The van der Waals surface area contributed by atoms with Crippen LogP contribution in [0.1, 0.15) is 170 Å². The number of Topliss-reactive ketones (excluding diaryl/α,β-unsaturated/α-hetero) is 1. The Bertz CT molecular complexity index is 2820. The molecule has 6 aromatic rings. The number of halogens is 24. The van der Waals surface area contributed by atoms with Gasteiger partial charge in [-0.25, -0.2) is 0 Å².